The zero-order chi connectivity index (χ0) is 9.80. The SMILES string of the molecule is Clc1cc(CCC2CCCCN2)cs1. The fourth-order valence-electron chi connectivity index (χ4n) is 1.99. The molecule has 1 aromatic rings. The average molecular weight is 230 g/mol. The van der Waals surface area contributed by atoms with Gasteiger partial charge in [-0.05, 0) is 49.2 Å². The third kappa shape index (κ3) is 2.97. The predicted molar refractivity (Wildman–Crippen MR) is 63.3 cm³/mol. The molecule has 0 radical (unpaired) electrons. The zero-order valence-electron chi connectivity index (χ0n) is 8.26. The van der Waals surface area contributed by atoms with Crippen molar-refractivity contribution in [1.82, 2.24) is 5.32 Å². The van der Waals surface area contributed by atoms with Crippen molar-refractivity contribution in [3.8, 4) is 0 Å². The van der Waals surface area contributed by atoms with Crippen molar-refractivity contribution in [2.75, 3.05) is 6.54 Å². The molecule has 0 bridgehead atoms. The lowest BCUT2D eigenvalue weighted by Gasteiger charge is -2.23. The van der Waals surface area contributed by atoms with Gasteiger partial charge in [0.25, 0.3) is 0 Å². The Labute approximate surface area is 94.5 Å². The minimum Gasteiger partial charge on any atom is -0.314 e. The van der Waals surface area contributed by atoms with Crippen molar-refractivity contribution >= 4 is 22.9 Å². The molecule has 2 heterocycles. The number of aryl methyl sites for hydroxylation is 1. The Bertz CT molecular complexity index is 279. The number of nitrogens with one attached hydrogen (secondary N) is 1. The summed E-state index contributed by atoms with van der Waals surface area (Å²) in [4.78, 5) is 0. The first-order valence-corrected chi connectivity index (χ1v) is 6.56. The summed E-state index contributed by atoms with van der Waals surface area (Å²) in [6.45, 7) is 1.20. The van der Waals surface area contributed by atoms with Crippen LogP contribution >= 0.6 is 22.9 Å². The maximum absolute atomic E-state index is 5.88. The maximum Gasteiger partial charge on any atom is 0.0931 e. The number of piperidine rings is 1. The van der Waals surface area contributed by atoms with Crippen molar-refractivity contribution in [3.05, 3.63) is 21.3 Å². The number of thiophene rings is 1. The first kappa shape index (κ1) is 10.5. The normalized spacial score (nSPS) is 22.5. The molecule has 0 aromatic carbocycles. The molecule has 1 atom stereocenters. The number of hydrogen-bond acceptors (Lipinski definition) is 2. The highest BCUT2D eigenvalue weighted by Gasteiger charge is 2.12. The van der Waals surface area contributed by atoms with E-state index in [1.165, 1.54) is 44.2 Å². The van der Waals surface area contributed by atoms with Gasteiger partial charge >= 0.3 is 0 Å². The molecule has 0 spiro atoms. The molecule has 2 rings (SSSR count). The second-order valence-corrected chi connectivity index (χ2v) is 5.49. The lowest BCUT2D eigenvalue weighted by atomic mass is 9.99. The van der Waals surface area contributed by atoms with E-state index in [1.54, 1.807) is 11.3 Å². The minimum atomic E-state index is 0.738. The van der Waals surface area contributed by atoms with Gasteiger partial charge in [0, 0.05) is 6.04 Å². The largest absolute Gasteiger partial charge is 0.314 e. The predicted octanol–water partition coefficient (Wildman–Crippen LogP) is 3.48. The summed E-state index contributed by atoms with van der Waals surface area (Å²) in [5.41, 5.74) is 1.40. The second kappa shape index (κ2) is 5.15. The molecule has 1 aromatic heterocycles. The monoisotopic (exact) mass is 229 g/mol. The molecule has 0 aliphatic carbocycles. The summed E-state index contributed by atoms with van der Waals surface area (Å²) in [5.74, 6) is 0. The number of hydrogen-bond donors (Lipinski definition) is 1. The molecule has 1 unspecified atom stereocenters. The first-order chi connectivity index (χ1) is 6.84. The lowest BCUT2D eigenvalue weighted by Crippen LogP contribution is -2.34. The smallest absolute Gasteiger partial charge is 0.0931 e. The zero-order valence-corrected chi connectivity index (χ0v) is 9.83. The van der Waals surface area contributed by atoms with Crippen LogP contribution < -0.4 is 5.32 Å². The van der Waals surface area contributed by atoms with Gasteiger partial charge < -0.3 is 5.32 Å². The third-order valence-corrected chi connectivity index (χ3v) is 3.96. The van der Waals surface area contributed by atoms with E-state index in [0.29, 0.717) is 0 Å². The summed E-state index contributed by atoms with van der Waals surface area (Å²) in [6, 6.07) is 2.83. The fourth-order valence-corrected chi connectivity index (χ4v) is 2.93. The number of halogens is 1. The van der Waals surface area contributed by atoms with Crippen LogP contribution in [-0.2, 0) is 6.42 Å². The van der Waals surface area contributed by atoms with Gasteiger partial charge in [-0.15, -0.1) is 11.3 Å². The van der Waals surface area contributed by atoms with Crippen LogP contribution in [0, 0.1) is 0 Å². The van der Waals surface area contributed by atoms with Crippen molar-refractivity contribution in [3.63, 3.8) is 0 Å². The van der Waals surface area contributed by atoms with Gasteiger partial charge in [0.05, 0.1) is 4.34 Å². The Morgan fingerprint density at radius 2 is 2.43 bits per heavy atom. The van der Waals surface area contributed by atoms with Crippen molar-refractivity contribution in [2.24, 2.45) is 0 Å². The molecule has 1 aliphatic rings. The molecule has 1 fully saturated rings. The van der Waals surface area contributed by atoms with E-state index >= 15 is 0 Å². The van der Waals surface area contributed by atoms with Crippen LogP contribution in [0.3, 0.4) is 0 Å². The Morgan fingerprint density at radius 1 is 1.50 bits per heavy atom. The van der Waals surface area contributed by atoms with Crippen LogP contribution in [0.1, 0.15) is 31.2 Å². The lowest BCUT2D eigenvalue weighted by molar-refractivity contribution is 0.383. The molecular weight excluding hydrogens is 214 g/mol. The van der Waals surface area contributed by atoms with Crippen molar-refractivity contribution in [1.29, 1.82) is 0 Å². The van der Waals surface area contributed by atoms with E-state index in [9.17, 15) is 0 Å². The van der Waals surface area contributed by atoms with Gasteiger partial charge in [-0.1, -0.05) is 18.0 Å². The maximum atomic E-state index is 5.88. The topological polar surface area (TPSA) is 12.0 Å². The van der Waals surface area contributed by atoms with Gasteiger partial charge in [0.2, 0.25) is 0 Å². The molecule has 1 nitrogen and oxygen atoms in total. The highest BCUT2D eigenvalue weighted by atomic mass is 35.5. The highest BCUT2D eigenvalue weighted by Crippen LogP contribution is 2.22. The van der Waals surface area contributed by atoms with Gasteiger partial charge in [0.15, 0.2) is 0 Å². The summed E-state index contributed by atoms with van der Waals surface area (Å²) in [6.07, 6.45) is 6.51. The molecule has 1 aliphatic heterocycles. The van der Waals surface area contributed by atoms with Gasteiger partial charge in [-0.2, -0.15) is 0 Å². The Hall–Kier alpha value is -0.0500. The summed E-state index contributed by atoms with van der Waals surface area (Å²) >= 11 is 7.52. The molecule has 0 amide bonds. The molecule has 14 heavy (non-hydrogen) atoms. The Morgan fingerprint density at radius 3 is 3.07 bits per heavy atom. The van der Waals surface area contributed by atoms with E-state index in [-0.39, 0.29) is 0 Å². The Kier molecular flexibility index (Phi) is 3.85. The molecular formula is C11H16ClNS. The summed E-state index contributed by atoms with van der Waals surface area (Å²) in [5, 5.41) is 5.74. The van der Waals surface area contributed by atoms with E-state index in [0.717, 1.165) is 10.4 Å². The van der Waals surface area contributed by atoms with Crippen LogP contribution in [0.5, 0.6) is 0 Å². The molecule has 3 heteroatoms. The van der Waals surface area contributed by atoms with Crippen molar-refractivity contribution in [2.45, 2.75) is 38.1 Å². The van der Waals surface area contributed by atoms with Gasteiger partial charge in [-0.3, -0.25) is 0 Å². The van der Waals surface area contributed by atoms with Crippen LogP contribution in [0.2, 0.25) is 4.34 Å². The minimum absolute atomic E-state index is 0.738. The molecule has 1 N–H and O–H groups in total. The summed E-state index contributed by atoms with van der Waals surface area (Å²) < 4.78 is 0.914. The highest BCUT2D eigenvalue weighted by molar-refractivity contribution is 7.14. The van der Waals surface area contributed by atoms with E-state index in [2.05, 4.69) is 16.8 Å². The van der Waals surface area contributed by atoms with Gasteiger partial charge in [0.1, 0.15) is 0 Å². The summed E-state index contributed by atoms with van der Waals surface area (Å²) in [7, 11) is 0. The van der Waals surface area contributed by atoms with Crippen LogP contribution in [0.25, 0.3) is 0 Å². The van der Waals surface area contributed by atoms with E-state index in [1.807, 2.05) is 0 Å². The molecule has 0 saturated carbocycles. The average Bonchev–Trinajstić information content (AvgIpc) is 2.63. The van der Waals surface area contributed by atoms with E-state index in [4.69, 9.17) is 11.6 Å². The number of rotatable bonds is 3. The van der Waals surface area contributed by atoms with Gasteiger partial charge in [-0.25, -0.2) is 0 Å². The molecule has 78 valence electrons. The quantitative estimate of drug-likeness (QED) is 0.837. The molecule has 1 saturated heterocycles. The Balaban J connectivity index is 1.76. The third-order valence-electron chi connectivity index (χ3n) is 2.82. The van der Waals surface area contributed by atoms with Crippen LogP contribution in [0.15, 0.2) is 11.4 Å². The van der Waals surface area contributed by atoms with Crippen LogP contribution in [0.4, 0.5) is 0 Å². The standard InChI is InChI=1S/C11H16ClNS/c12-11-7-9(8-14-11)4-5-10-3-1-2-6-13-10/h7-8,10,13H,1-6H2. The van der Waals surface area contributed by atoms with Crippen LogP contribution in [-0.4, -0.2) is 12.6 Å². The second-order valence-electron chi connectivity index (χ2n) is 3.94. The first-order valence-electron chi connectivity index (χ1n) is 5.31. The van der Waals surface area contributed by atoms with Crippen molar-refractivity contribution < 1.29 is 0 Å². The van der Waals surface area contributed by atoms with E-state index < -0.39 is 0 Å². The fraction of sp³-hybridized carbons (Fsp3) is 0.636.